The van der Waals surface area contributed by atoms with Gasteiger partial charge in [0, 0.05) is 0 Å². The minimum absolute atomic E-state index is 0.0585. The molecule has 1 heterocycles. The fraction of sp³-hybridized carbons (Fsp3) is 0. The number of hydrogen-bond acceptors (Lipinski definition) is 1. The minimum atomic E-state index is -0.217. The van der Waals surface area contributed by atoms with Crippen LogP contribution in [0, 0.1) is 5.82 Å². The van der Waals surface area contributed by atoms with Crippen molar-refractivity contribution in [1.82, 2.24) is 9.78 Å². The molecule has 0 aliphatic rings. The van der Waals surface area contributed by atoms with E-state index in [0.717, 1.165) is 32.7 Å². The number of aromatic nitrogens is 2. The fourth-order valence-corrected chi connectivity index (χ4v) is 5.74. The van der Waals surface area contributed by atoms with Crippen molar-refractivity contribution < 1.29 is 4.39 Å². The van der Waals surface area contributed by atoms with Crippen LogP contribution in [0.25, 0.3) is 28.2 Å². The molecule has 0 saturated heterocycles. The second-order valence-corrected chi connectivity index (χ2v) is 9.34. The van der Waals surface area contributed by atoms with Crippen LogP contribution in [0.1, 0.15) is 0 Å². The van der Waals surface area contributed by atoms with E-state index in [1.165, 1.54) is 16.6 Å². The van der Waals surface area contributed by atoms with Crippen LogP contribution >= 0.6 is 0 Å². The first-order valence-corrected chi connectivity index (χ1v) is 11.7. The van der Waals surface area contributed by atoms with Gasteiger partial charge in [-0.1, -0.05) is 0 Å². The normalized spacial score (nSPS) is 10.9. The Balaban J connectivity index is 1.78. The molecule has 0 N–H and O–H groups in total. The van der Waals surface area contributed by atoms with E-state index in [2.05, 4.69) is 48.5 Å². The van der Waals surface area contributed by atoms with Crippen molar-refractivity contribution in [2.75, 3.05) is 0 Å². The molecule has 1 aromatic heterocycles. The van der Waals surface area contributed by atoms with Crippen LogP contribution in [-0.4, -0.2) is 24.7 Å². The molecular weight excluding hydrogens is 450 g/mol. The standard InChI is InChI=1S/C27H19FN2Se/c28-22-16-18-24(19-17-22)31-27-25(20-10-4-1-5-11-20)29-30(23-14-8-3-9-15-23)26(27)21-12-6-2-7-13-21/h1-19H. The molecule has 0 aliphatic carbocycles. The number of rotatable bonds is 5. The Kier molecular flexibility index (Phi) is 5.49. The maximum atomic E-state index is 13.5. The second kappa shape index (κ2) is 8.73. The summed E-state index contributed by atoms with van der Waals surface area (Å²) >= 11 is -0.0585. The Morgan fingerprint density at radius 1 is 0.613 bits per heavy atom. The van der Waals surface area contributed by atoms with Gasteiger partial charge in [0.1, 0.15) is 0 Å². The van der Waals surface area contributed by atoms with Gasteiger partial charge >= 0.3 is 187 Å². The van der Waals surface area contributed by atoms with Crippen LogP contribution in [0.5, 0.6) is 0 Å². The van der Waals surface area contributed by atoms with E-state index >= 15 is 0 Å². The van der Waals surface area contributed by atoms with E-state index in [1.807, 2.05) is 59.3 Å². The number of halogens is 1. The Hall–Kier alpha value is -3.46. The van der Waals surface area contributed by atoms with Gasteiger partial charge in [0.25, 0.3) is 0 Å². The molecule has 0 unspecified atom stereocenters. The van der Waals surface area contributed by atoms with Crippen LogP contribution in [0.3, 0.4) is 0 Å². The molecule has 0 fully saturated rings. The molecule has 0 saturated carbocycles. The average Bonchev–Trinajstić information content (AvgIpc) is 3.21. The number of para-hydroxylation sites is 1. The predicted octanol–water partition coefficient (Wildman–Crippen LogP) is 5.00. The number of nitrogens with zero attached hydrogens (tertiary/aromatic N) is 2. The summed E-state index contributed by atoms with van der Waals surface area (Å²) in [5.41, 5.74) is 5.25. The summed E-state index contributed by atoms with van der Waals surface area (Å²) in [6.45, 7) is 0. The van der Waals surface area contributed by atoms with Gasteiger partial charge in [-0.3, -0.25) is 0 Å². The van der Waals surface area contributed by atoms with Gasteiger partial charge in [-0.25, -0.2) is 0 Å². The summed E-state index contributed by atoms with van der Waals surface area (Å²) in [6.07, 6.45) is 0. The Bertz CT molecular complexity index is 1280. The van der Waals surface area contributed by atoms with Crippen LogP contribution in [0.15, 0.2) is 115 Å². The SMILES string of the molecule is Fc1ccc([Se]c2c(-c3ccccc3)nn(-c3ccccc3)c2-c2ccccc2)cc1. The third kappa shape index (κ3) is 4.09. The first-order valence-electron chi connectivity index (χ1n) is 10.0. The van der Waals surface area contributed by atoms with Crippen molar-refractivity contribution in [2.45, 2.75) is 0 Å². The molecule has 0 aliphatic heterocycles. The summed E-state index contributed by atoms with van der Waals surface area (Å²) in [5, 5.41) is 5.10. The van der Waals surface area contributed by atoms with E-state index in [0.29, 0.717) is 0 Å². The molecule has 0 radical (unpaired) electrons. The van der Waals surface area contributed by atoms with Gasteiger partial charge in [0.05, 0.1) is 0 Å². The van der Waals surface area contributed by atoms with Gasteiger partial charge in [-0.15, -0.1) is 0 Å². The molecule has 0 spiro atoms. The zero-order valence-electron chi connectivity index (χ0n) is 16.7. The first kappa shape index (κ1) is 19.5. The van der Waals surface area contributed by atoms with E-state index < -0.39 is 0 Å². The molecular formula is C27H19FN2Se. The summed E-state index contributed by atoms with van der Waals surface area (Å²) < 4.78 is 17.9. The van der Waals surface area contributed by atoms with Crippen molar-refractivity contribution in [1.29, 1.82) is 0 Å². The molecule has 31 heavy (non-hydrogen) atoms. The Labute approximate surface area is 187 Å². The number of hydrogen-bond donors (Lipinski definition) is 0. The van der Waals surface area contributed by atoms with E-state index in [4.69, 9.17) is 5.10 Å². The van der Waals surface area contributed by atoms with Crippen molar-refractivity contribution >= 4 is 23.9 Å². The first-order chi connectivity index (χ1) is 15.3. The second-order valence-electron chi connectivity index (χ2n) is 7.06. The molecule has 0 atom stereocenters. The number of benzene rings is 4. The third-order valence-electron chi connectivity index (χ3n) is 4.97. The van der Waals surface area contributed by atoms with E-state index in [1.54, 1.807) is 0 Å². The van der Waals surface area contributed by atoms with E-state index in [-0.39, 0.29) is 20.8 Å². The van der Waals surface area contributed by atoms with Gasteiger partial charge in [0.2, 0.25) is 0 Å². The molecule has 0 bridgehead atoms. The van der Waals surface area contributed by atoms with Gasteiger partial charge in [-0.2, -0.15) is 0 Å². The molecule has 5 rings (SSSR count). The van der Waals surface area contributed by atoms with Crippen molar-refractivity contribution in [3.63, 3.8) is 0 Å². The summed E-state index contributed by atoms with van der Waals surface area (Å²) in [6, 6.07) is 37.7. The van der Waals surface area contributed by atoms with Gasteiger partial charge in [-0.05, 0) is 0 Å². The van der Waals surface area contributed by atoms with Crippen molar-refractivity contribution in [3.8, 4) is 28.2 Å². The van der Waals surface area contributed by atoms with Crippen LogP contribution in [-0.2, 0) is 0 Å². The summed E-state index contributed by atoms with van der Waals surface area (Å²) in [4.78, 5) is 0. The Morgan fingerprint density at radius 3 is 1.77 bits per heavy atom. The molecule has 4 aromatic carbocycles. The molecule has 4 heteroatoms. The van der Waals surface area contributed by atoms with Crippen LogP contribution in [0.2, 0.25) is 0 Å². The maximum absolute atomic E-state index is 13.5. The van der Waals surface area contributed by atoms with Gasteiger partial charge in [0.15, 0.2) is 0 Å². The summed E-state index contributed by atoms with van der Waals surface area (Å²) in [5.74, 6) is -0.217. The zero-order valence-corrected chi connectivity index (χ0v) is 18.4. The Morgan fingerprint density at radius 2 is 1.16 bits per heavy atom. The topological polar surface area (TPSA) is 17.8 Å². The van der Waals surface area contributed by atoms with Crippen LogP contribution < -0.4 is 8.92 Å². The molecule has 5 aromatic rings. The fourth-order valence-electron chi connectivity index (χ4n) is 3.51. The van der Waals surface area contributed by atoms with E-state index in [9.17, 15) is 4.39 Å². The molecule has 150 valence electrons. The third-order valence-corrected chi connectivity index (χ3v) is 7.28. The van der Waals surface area contributed by atoms with Crippen molar-refractivity contribution in [3.05, 3.63) is 121 Å². The monoisotopic (exact) mass is 470 g/mol. The predicted molar refractivity (Wildman–Crippen MR) is 126 cm³/mol. The molecule has 2 nitrogen and oxygen atoms in total. The zero-order chi connectivity index (χ0) is 21.0. The average molecular weight is 469 g/mol. The van der Waals surface area contributed by atoms with Gasteiger partial charge < -0.3 is 0 Å². The summed E-state index contributed by atoms with van der Waals surface area (Å²) in [7, 11) is 0. The van der Waals surface area contributed by atoms with Crippen molar-refractivity contribution in [2.24, 2.45) is 0 Å². The quantitative estimate of drug-likeness (QED) is 0.332. The molecule has 0 amide bonds. The van der Waals surface area contributed by atoms with Crippen LogP contribution in [0.4, 0.5) is 4.39 Å².